The van der Waals surface area contributed by atoms with E-state index in [1.165, 1.54) is 0 Å². The molecule has 1 heterocycles. The number of carbonyl (C=O) groups is 1. The lowest BCUT2D eigenvalue weighted by atomic mass is 10.1. The van der Waals surface area contributed by atoms with Gasteiger partial charge in [0.05, 0.1) is 17.3 Å². The summed E-state index contributed by atoms with van der Waals surface area (Å²) in [6.07, 6.45) is 0. The number of aromatic nitrogens is 1. The molecule has 1 amide bonds. The number of rotatable bonds is 3. The molecule has 4 nitrogen and oxygen atoms in total. The number of nitrogens with zero attached hydrogens (tertiary/aromatic N) is 1. The Labute approximate surface area is 130 Å². The number of carbonyl (C=O) groups excluding carboxylic acids is 1. The fourth-order valence-electron chi connectivity index (χ4n) is 2.13. The van der Waals surface area contributed by atoms with E-state index in [0.717, 1.165) is 11.3 Å². The molecule has 6 heteroatoms. The third-order valence-electron chi connectivity index (χ3n) is 3.04. The van der Waals surface area contributed by atoms with Gasteiger partial charge >= 0.3 is 0 Å². The zero-order chi connectivity index (χ0) is 14.9. The van der Waals surface area contributed by atoms with Crippen LogP contribution in [-0.4, -0.2) is 11.1 Å². The summed E-state index contributed by atoms with van der Waals surface area (Å²) in [5.74, 6) is 0.534. The molecule has 0 radical (unpaired) electrons. The summed E-state index contributed by atoms with van der Waals surface area (Å²) in [5.41, 5.74) is 2.22. The van der Waals surface area contributed by atoms with Gasteiger partial charge in [0, 0.05) is 15.1 Å². The lowest BCUT2D eigenvalue weighted by Gasteiger charge is -2.14. The average molecular weight is 358 g/mol. The molecule has 1 aromatic carbocycles. The standard InChI is InChI=1S/C14H14BrClN2O2/c1-7(13-8(2)18-20-9(13)3)17-14(19)11-5-4-10(16)6-12(11)15/h4-7H,1-3H3,(H,17,19). The Morgan fingerprint density at radius 2 is 2.15 bits per heavy atom. The van der Waals surface area contributed by atoms with Crippen molar-refractivity contribution in [3.8, 4) is 0 Å². The van der Waals surface area contributed by atoms with Gasteiger partial charge in [-0.15, -0.1) is 0 Å². The molecule has 106 valence electrons. The normalized spacial score (nSPS) is 12.2. The highest BCUT2D eigenvalue weighted by Gasteiger charge is 2.19. The summed E-state index contributed by atoms with van der Waals surface area (Å²) in [4.78, 5) is 12.3. The van der Waals surface area contributed by atoms with E-state index >= 15 is 0 Å². The highest BCUT2D eigenvalue weighted by atomic mass is 79.9. The highest BCUT2D eigenvalue weighted by Crippen LogP contribution is 2.24. The highest BCUT2D eigenvalue weighted by molar-refractivity contribution is 9.10. The number of halogens is 2. The maximum atomic E-state index is 12.3. The minimum Gasteiger partial charge on any atom is -0.361 e. The van der Waals surface area contributed by atoms with Crippen molar-refractivity contribution in [3.05, 3.63) is 50.3 Å². The van der Waals surface area contributed by atoms with Crippen molar-refractivity contribution in [1.82, 2.24) is 10.5 Å². The van der Waals surface area contributed by atoms with E-state index in [1.54, 1.807) is 18.2 Å². The summed E-state index contributed by atoms with van der Waals surface area (Å²) in [6.45, 7) is 5.58. The van der Waals surface area contributed by atoms with Crippen LogP contribution in [0, 0.1) is 13.8 Å². The summed E-state index contributed by atoms with van der Waals surface area (Å²) < 4.78 is 5.78. The second-order valence-corrected chi connectivity index (χ2v) is 5.85. The van der Waals surface area contributed by atoms with Crippen LogP contribution in [0.3, 0.4) is 0 Å². The van der Waals surface area contributed by atoms with E-state index in [2.05, 4.69) is 26.4 Å². The molecule has 0 fully saturated rings. The molecule has 1 N–H and O–H groups in total. The van der Waals surface area contributed by atoms with Crippen molar-refractivity contribution in [1.29, 1.82) is 0 Å². The fraction of sp³-hybridized carbons (Fsp3) is 0.286. The topological polar surface area (TPSA) is 55.1 Å². The predicted octanol–water partition coefficient (Wildman–Crippen LogP) is 4.20. The number of benzene rings is 1. The van der Waals surface area contributed by atoms with Gasteiger partial charge in [-0.3, -0.25) is 4.79 Å². The van der Waals surface area contributed by atoms with Crippen molar-refractivity contribution >= 4 is 33.4 Å². The Morgan fingerprint density at radius 3 is 2.70 bits per heavy atom. The number of nitrogens with one attached hydrogen (secondary N) is 1. The Balaban J connectivity index is 2.19. The van der Waals surface area contributed by atoms with Gasteiger partial charge in [0.2, 0.25) is 0 Å². The molecule has 0 saturated carbocycles. The third kappa shape index (κ3) is 3.04. The molecule has 0 aliphatic heterocycles. The molecule has 0 aliphatic rings. The average Bonchev–Trinajstić information content (AvgIpc) is 2.68. The second-order valence-electron chi connectivity index (χ2n) is 4.56. The molecular weight excluding hydrogens is 344 g/mol. The van der Waals surface area contributed by atoms with Crippen molar-refractivity contribution < 1.29 is 9.32 Å². The van der Waals surface area contributed by atoms with Crippen LogP contribution in [0.4, 0.5) is 0 Å². The van der Waals surface area contributed by atoms with Crippen molar-refractivity contribution in [2.45, 2.75) is 26.8 Å². The molecule has 20 heavy (non-hydrogen) atoms. The molecule has 1 atom stereocenters. The maximum Gasteiger partial charge on any atom is 0.252 e. The van der Waals surface area contributed by atoms with Gasteiger partial charge in [0.1, 0.15) is 5.76 Å². The van der Waals surface area contributed by atoms with E-state index in [9.17, 15) is 4.79 Å². The first-order valence-electron chi connectivity index (χ1n) is 6.09. The Hall–Kier alpha value is -1.33. The number of amides is 1. The summed E-state index contributed by atoms with van der Waals surface area (Å²) in [6, 6.07) is 4.87. The molecule has 0 bridgehead atoms. The summed E-state index contributed by atoms with van der Waals surface area (Å²) in [5, 5.41) is 7.40. The first kappa shape index (κ1) is 15.1. The largest absolute Gasteiger partial charge is 0.361 e. The van der Waals surface area contributed by atoms with E-state index in [-0.39, 0.29) is 11.9 Å². The zero-order valence-corrected chi connectivity index (χ0v) is 13.7. The van der Waals surface area contributed by atoms with Gasteiger partial charge in [0.25, 0.3) is 5.91 Å². The first-order valence-corrected chi connectivity index (χ1v) is 7.26. The van der Waals surface area contributed by atoms with Crippen LogP contribution in [0.1, 0.15) is 40.3 Å². The number of aryl methyl sites for hydroxylation is 2. The van der Waals surface area contributed by atoms with Crippen molar-refractivity contribution in [2.24, 2.45) is 0 Å². The van der Waals surface area contributed by atoms with Gasteiger partial charge in [-0.1, -0.05) is 16.8 Å². The van der Waals surface area contributed by atoms with Gasteiger partial charge < -0.3 is 9.84 Å². The van der Waals surface area contributed by atoms with Gasteiger partial charge in [-0.2, -0.15) is 0 Å². The molecule has 2 aromatic rings. The quantitative estimate of drug-likeness (QED) is 0.895. The zero-order valence-electron chi connectivity index (χ0n) is 11.3. The van der Waals surface area contributed by atoms with Crippen LogP contribution in [0.2, 0.25) is 5.02 Å². The molecule has 1 unspecified atom stereocenters. The summed E-state index contributed by atoms with van der Waals surface area (Å²) >= 11 is 9.21. The Morgan fingerprint density at radius 1 is 1.45 bits per heavy atom. The predicted molar refractivity (Wildman–Crippen MR) is 81.0 cm³/mol. The molecule has 0 saturated heterocycles. The van der Waals surface area contributed by atoms with Crippen LogP contribution in [0.5, 0.6) is 0 Å². The number of hydrogen-bond donors (Lipinski definition) is 1. The van der Waals surface area contributed by atoms with Crippen LogP contribution in [0.15, 0.2) is 27.2 Å². The minimum absolute atomic E-state index is 0.180. The van der Waals surface area contributed by atoms with E-state index in [0.29, 0.717) is 20.8 Å². The Bertz CT molecular complexity index is 635. The minimum atomic E-state index is -0.184. The van der Waals surface area contributed by atoms with Crippen LogP contribution in [-0.2, 0) is 0 Å². The van der Waals surface area contributed by atoms with Gasteiger partial charge in [-0.25, -0.2) is 0 Å². The molecule has 0 spiro atoms. The maximum absolute atomic E-state index is 12.3. The monoisotopic (exact) mass is 356 g/mol. The lowest BCUT2D eigenvalue weighted by molar-refractivity contribution is 0.0939. The molecule has 1 aromatic heterocycles. The van der Waals surface area contributed by atoms with E-state index in [1.807, 2.05) is 20.8 Å². The van der Waals surface area contributed by atoms with Crippen LogP contribution in [0.25, 0.3) is 0 Å². The Kier molecular flexibility index (Phi) is 4.50. The number of hydrogen-bond acceptors (Lipinski definition) is 3. The van der Waals surface area contributed by atoms with Crippen molar-refractivity contribution in [3.63, 3.8) is 0 Å². The first-order chi connectivity index (χ1) is 9.40. The molecular formula is C14H14BrClN2O2. The van der Waals surface area contributed by atoms with Gasteiger partial charge in [-0.05, 0) is 54.9 Å². The lowest BCUT2D eigenvalue weighted by Crippen LogP contribution is -2.27. The third-order valence-corrected chi connectivity index (χ3v) is 3.94. The fourth-order valence-corrected chi connectivity index (χ4v) is 2.99. The van der Waals surface area contributed by atoms with Gasteiger partial charge in [0.15, 0.2) is 0 Å². The molecule has 0 aliphatic carbocycles. The van der Waals surface area contributed by atoms with Crippen molar-refractivity contribution in [2.75, 3.05) is 0 Å². The smallest absolute Gasteiger partial charge is 0.252 e. The summed E-state index contributed by atoms with van der Waals surface area (Å²) in [7, 11) is 0. The molecule has 2 rings (SSSR count). The van der Waals surface area contributed by atoms with E-state index in [4.69, 9.17) is 16.1 Å². The SMILES string of the molecule is Cc1noc(C)c1C(C)NC(=O)c1ccc(Cl)cc1Br. The van der Waals surface area contributed by atoms with Crippen LogP contribution < -0.4 is 5.32 Å². The van der Waals surface area contributed by atoms with E-state index < -0.39 is 0 Å². The van der Waals surface area contributed by atoms with Crippen LogP contribution >= 0.6 is 27.5 Å². The second kappa shape index (κ2) is 5.97.